The molecule has 0 heterocycles. The lowest BCUT2D eigenvalue weighted by Gasteiger charge is -2.24. The van der Waals surface area contributed by atoms with Gasteiger partial charge in [0.2, 0.25) is 0 Å². The molecule has 0 saturated heterocycles. The smallest absolute Gasteiger partial charge is 0.0701 e. The van der Waals surface area contributed by atoms with Crippen molar-refractivity contribution in [3.05, 3.63) is 0 Å². The Morgan fingerprint density at radius 3 is 1.88 bits per heavy atom. The predicted molar refractivity (Wildman–Crippen MR) is 60.4 cm³/mol. The third-order valence-electron chi connectivity index (χ3n) is 2.42. The van der Waals surface area contributed by atoms with Gasteiger partial charge in [-0.15, -0.1) is 0 Å². The average molecular weight is 236 g/mol. The predicted octanol–water partition coefficient (Wildman–Crippen LogP) is 0.0470. The summed E-state index contributed by atoms with van der Waals surface area (Å²) in [7, 11) is 1.63. The van der Waals surface area contributed by atoms with E-state index < -0.39 is 5.41 Å². The Morgan fingerprint density at radius 2 is 1.38 bits per heavy atom. The zero-order valence-corrected chi connectivity index (χ0v) is 10.3. The molecule has 0 aliphatic heterocycles. The molecule has 5 nitrogen and oxygen atoms in total. The van der Waals surface area contributed by atoms with Gasteiger partial charge in [-0.1, -0.05) is 6.92 Å². The van der Waals surface area contributed by atoms with Gasteiger partial charge in [-0.05, 0) is 6.42 Å². The van der Waals surface area contributed by atoms with Crippen LogP contribution in [0.15, 0.2) is 0 Å². The van der Waals surface area contributed by atoms with Crippen LogP contribution >= 0.6 is 0 Å². The van der Waals surface area contributed by atoms with E-state index in [1.54, 1.807) is 7.11 Å². The van der Waals surface area contributed by atoms with E-state index in [1.807, 2.05) is 6.92 Å². The molecule has 98 valence electrons. The number of methoxy groups -OCH3 is 1. The molecular formula is C11H24O5. The van der Waals surface area contributed by atoms with Crippen molar-refractivity contribution in [2.24, 2.45) is 5.41 Å². The number of aliphatic hydroxyl groups excluding tert-OH is 2. The fraction of sp³-hybridized carbons (Fsp3) is 1.00. The SMILES string of the molecule is COCCOCCOCCC(C)(CO)CO. The van der Waals surface area contributed by atoms with Gasteiger partial charge in [-0.2, -0.15) is 0 Å². The first-order valence-electron chi connectivity index (χ1n) is 5.54. The van der Waals surface area contributed by atoms with Gasteiger partial charge in [0.1, 0.15) is 0 Å². The second-order valence-corrected chi connectivity index (χ2v) is 4.09. The Bertz CT molecular complexity index is 147. The molecule has 0 rings (SSSR count). The molecule has 0 unspecified atom stereocenters. The van der Waals surface area contributed by atoms with Gasteiger partial charge in [0.05, 0.1) is 39.6 Å². The van der Waals surface area contributed by atoms with Crippen LogP contribution in [0, 0.1) is 5.41 Å². The molecule has 0 aromatic rings. The molecule has 0 aromatic carbocycles. The van der Waals surface area contributed by atoms with Crippen molar-refractivity contribution < 1.29 is 24.4 Å². The van der Waals surface area contributed by atoms with Gasteiger partial charge in [0.25, 0.3) is 0 Å². The lowest BCUT2D eigenvalue weighted by Crippen LogP contribution is -2.27. The first kappa shape index (κ1) is 15.8. The molecular weight excluding hydrogens is 212 g/mol. The summed E-state index contributed by atoms with van der Waals surface area (Å²) in [5.41, 5.74) is -0.448. The van der Waals surface area contributed by atoms with E-state index in [2.05, 4.69) is 0 Å². The Kier molecular flexibility index (Phi) is 9.86. The second kappa shape index (κ2) is 9.99. The first-order valence-corrected chi connectivity index (χ1v) is 5.54. The second-order valence-electron chi connectivity index (χ2n) is 4.09. The summed E-state index contributed by atoms with van der Waals surface area (Å²) in [5, 5.41) is 18.1. The average Bonchev–Trinajstić information content (AvgIpc) is 2.32. The molecule has 0 aliphatic carbocycles. The Morgan fingerprint density at radius 1 is 0.875 bits per heavy atom. The van der Waals surface area contributed by atoms with Gasteiger partial charge in [-0.25, -0.2) is 0 Å². The zero-order valence-electron chi connectivity index (χ0n) is 10.3. The van der Waals surface area contributed by atoms with Crippen LogP contribution in [0.5, 0.6) is 0 Å². The standard InChI is InChI=1S/C11H24O5/c1-11(9-12,10-13)3-4-15-7-8-16-6-5-14-2/h12-13H,3-10H2,1-2H3. The van der Waals surface area contributed by atoms with Crippen LogP contribution in [0.1, 0.15) is 13.3 Å². The highest BCUT2D eigenvalue weighted by Gasteiger charge is 2.21. The van der Waals surface area contributed by atoms with Crippen LogP contribution in [0.25, 0.3) is 0 Å². The van der Waals surface area contributed by atoms with Gasteiger partial charge in [-0.3, -0.25) is 0 Å². The highest BCUT2D eigenvalue weighted by atomic mass is 16.5. The van der Waals surface area contributed by atoms with Crippen molar-refractivity contribution in [1.82, 2.24) is 0 Å². The van der Waals surface area contributed by atoms with Crippen molar-refractivity contribution in [2.75, 3.05) is 53.4 Å². The van der Waals surface area contributed by atoms with Crippen LogP contribution in [0.4, 0.5) is 0 Å². The van der Waals surface area contributed by atoms with E-state index in [0.29, 0.717) is 39.5 Å². The van der Waals surface area contributed by atoms with Crippen LogP contribution < -0.4 is 0 Å². The Labute approximate surface area is 97.3 Å². The highest BCUT2D eigenvalue weighted by Crippen LogP contribution is 2.18. The van der Waals surface area contributed by atoms with Crippen LogP contribution in [-0.2, 0) is 14.2 Å². The molecule has 0 spiro atoms. The van der Waals surface area contributed by atoms with E-state index in [-0.39, 0.29) is 13.2 Å². The number of hydrogen-bond acceptors (Lipinski definition) is 5. The minimum absolute atomic E-state index is 0.0306. The van der Waals surface area contributed by atoms with E-state index in [0.717, 1.165) is 0 Å². The Hall–Kier alpha value is -0.200. The van der Waals surface area contributed by atoms with E-state index in [4.69, 9.17) is 24.4 Å². The number of rotatable bonds is 11. The molecule has 5 heteroatoms. The number of ether oxygens (including phenoxy) is 3. The maximum Gasteiger partial charge on any atom is 0.0701 e. The molecule has 0 fully saturated rings. The minimum Gasteiger partial charge on any atom is -0.396 e. The fourth-order valence-corrected chi connectivity index (χ4v) is 0.991. The van der Waals surface area contributed by atoms with Gasteiger partial charge in [0, 0.05) is 19.1 Å². The largest absolute Gasteiger partial charge is 0.396 e. The van der Waals surface area contributed by atoms with E-state index in [9.17, 15) is 0 Å². The highest BCUT2D eigenvalue weighted by molar-refractivity contribution is 4.71. The molecule has 0 amide bonds. The van der Waals surface area contributed by atoms with Crippen LogP contribution in [-0.4, -0.2) is 63.6 Å². The molecule has 0 aliphatic rings. The van der Waals surface area contributed by atoms with Crippen LogP contribution in [0.3, 0.4) is 0 Å². The Balaban J connectivity index is 3.26. The van der Waals surface area contributed by atoms with E-state index >= 15 is 0 Å². The first-order chi connectivity index (χ1) is 7.68. The quantitative estimate of drug-likeness (QED) is 0.496. The topological polar surface area (TPSA) is 68.2 Å². The molecule has 0 bridgehead atoms. The van der Waals surface area contributed by atoms with Crippen molar-refractivity contribution in [1.29, 1.82) is 0 Å². The normalized spacial score (nSPS) is 12.0. The zero-order chi connectivity index (χ0) is 12.3. The summed E-state index contributed by atoms with van der Waals surface area (Å²) < 4.78 is 15.4. The third-order valence-corrected chi connectivity index (χ3v) is 2.42. The minimum atomic E-state index is -0.448. The van der Waals surface area contributed by atoms with Gasteiger partial charge >= 0.3 is 0 Å². The summed E-state index contributed by atoms with van der Waals surface area (Å²) in [5.74, 6) is 0. The van der Waals surface area contributed by atoms with E-state index in [1.165, 1.54) is 0 Å². The summed E-state index contributed by atoms with van der Waals surface area (Å²) in [6, 6.07) is 0. The van der Waals surface area contributed by atoms with Crippen molar-refractivity contribution in [3.8, 4) is 0 Å². The molecule has 16 heavy (non-hydrogen) atoms. The maximum absolute atomic E-state index is 9.03. The van der Waals surface area contributed by atoms with Crippen molar-refractivity contribution >= 4 is 0 Å². The summed E-state index contributed by atoms with van der Waals surface area (Å²) >= 11 is 0. The molecule has 0 saturated carbocycles. The fourth-order valence-electron chi connectivity index (χ4n) is 0.991. The lowest BCUT2D eigenvalue weighted by atomic mass is 9.89. The third kappa shape index (κ3) is 8.01. The summed E-state index contributed by atoms with van der Waals surface area (Å²) in [6.45, 7) is 4.51. The van der Waals surface area contributed by atoms with Gasteiger partial charge < -0.3 is 24.4 Å². The molecule has 2 N–H and O–H groups in total. The molecule has 0 aromatic heterocycles. The summed E-state index contributed by atoms with van der Waals surface area (Å²) in [6.07, 6.45) is 0.637. The van der Waals surface area contributed by atoms with Gasteiger partial charge in [0.15, 0.2) is 0 Å². The maximum atomic E-state index is 9.03. The molecule has 0 atom stereocenters. The monoisotopic (exact) mass is 236 g/mol. The molecule has 0 radical (unpaired) electrons. The van der Waals surface area contributed by atoms with Crippen LogP contribution in [0.2, 0.25) is 0 Å². The number of aliphatic hydroxyl groups is 2. The van der Waals surface area contributed by atoms with Crippen molar-refractivity contribution in [3.63, 3.8) is 0 Å². The van der Waals surface area contributed by atoms with Crippen molar-refractivity contribution in [2.45, 2.75) is 13.3 Å². The lowest BCUT2D eigenvalue weighted by molar-refractivity contribution is 0.000634. The number of hydrogen-bond donors (Lipinski definition) is 2. The summed E-state index contributed by atoms with van der Waals surface area (Å²) in [4.78, 5) is 0.